The van der Waals surface area contributed by atoms with Crippen molar-refractivity contribution in [2.75, 3.05) is 13.9 Å². The highest BCUT2D eigenvalue weighted by Crippen LogP contribution is 2.21. The summed E-state index contributed by atoms with van der Waals surface area (Å²) in [5.41, 5.74) is 0. The molecule has 0 aliphatic rings. The molecule has 5 heteroatoms. The highest BCUT2D eigenvalue weighted by atomic mass is 32.2. The number of methoxy groups -OCH3 is 1. The van der Waals surface area contributed by atoms with Crippen molar-refractivity contribution >= 4 is 9.84 Å². The van der Waals surface area contributed by atoms with Crippen molar-refractivity contribution in [3.8, 4) is 5.75 Å². The summed E-state index contributed by atoms with van der Waals surface area (Å²) >= 11 is 0. The molecule has 1 rings (SSSR count). The number of benzene rings is 1. The van der Waals surface area contributed by atoms with Gasteiger partial charge in [0.05, 0.1) is 10.1 Å². The van der Waals surface area contributed by atoms with E-state index < -0.39 is 15.1 Å². The molecule has 0 unspecified atom stereocenters. The van der Waals surface area contributed by atoms with Crippen LogP contribution in [-0.4, -0.2) is 27.6 Å². The predicted octanol–water partition coefficient (Wildman–Crippen LogP) is 1.85. The lowest BCUT2D eigenvalue weighted by Gasteiger charge is -2.09. The molecule has 0 spiro atoms. The van der Waals surface area contributed by atoms with Crippen molar-refractivity contribution in [1.29, 1.82) is 0 Å². The fraction of sp³-hybridized carbons (Fsp3) is 0.455. The first-order valence-electron chi connectivity index (χ1n) is 4.94. The smallest absolute Gasteiger partial charge is 0.188 e. The summed E-state index contributed by atoms with van der Waals surface area (Å²) in [5, 5.41) is -0.440. The van der Waals surface area contributed by atoms with E-state index in [1.54, 1.807) is 32.0 Å². The van der Waals surface area contributed by atoms with Crippen molar-refractivity contribution < 1.29 is 17.9 Å². The van der Waals surface area contributed by atoms with Gasteiger partial charge in [-0.2, -0.15) is 0 Å². The first-order chi connectivity index (χ1) is 7.48. The van der Waals surface area contributed by atoms with Gasteiger partial charge in [-0.3, -0.25) is 0 Å². The molecular formula is C11H16O4S. The van der Waals surface area contributed by atoms with E-state index >= 15 is 0 Å². The van der Waals surface area contributed by atoms with E-state index in [-0.39, 0.29) is 11.7 Å². The van der Waals surface area contributed by atoms with E-state index in [4.69, 9.17) is 9.47 Å². The maximum absolute atomic E-state index is 11.9. The summed E-state index contributed by atoms with van der Waals surface area (Å²) in [6, 6.07) is 6.42. The Bertz CT molecular complexity index is 437. The van der Waals surface area contributed by atoms with Crippen molar-refractivity contribution in [3.63, 3.8) is 0 Å². The molecule has 0 aliphatic carbocycles. The molecule has 0 N–H and O–H groups in total. The Morgan fingerprint density at radius 2 is 2.00 bits per heavy atom. The minimum absolute atomic E-state index is 0.102. The minimum atomic E-state index is -3.25. The van der Waals surface area contributed by atoms with E-state index in [2.05, 4.69) is 0 Å². The van der Waals surface area contributed by atoms with Crippen molar-refractivity contribution in [3.05, 3.63) is 24.3 Å². The third-order valence-corrected chi connectivity index (χ3v) is 4.25. The molecule has 0 aliphatic heterocycles. The van der Waals surface area contributed by atoms with Crippen LogP contribution in [0.1, 0.15) is 13.8 Å². The van der Waals surface area contributed by atoms with Gasteiger partial charge in [0.15, 0.2) is 16.6 Å². The van der Waals surface area contributed by atoms with E-state index in [0.717, 1.165) is 0 Å². The molecular weight excluding hydrogens is 228 g/mol. The molecule has 0 atom stereocenters. The van der Waals surface area contributed by atoms with Gasteiger partial charge in [0.1, 0.15) is 5.75 Å². The van der Waals surface area contributed by atoms with Gasteiger partial charge in [-0.1, -0.05) is 6.07 Å². The van der Waals surface area contributed by atoms with Crippen LogP contribution >= 0.6 is 0 Å². The van der Waals surface area contributed by atoms with Gasteiger partial charge in [0.25, 0.3) is 0 Å². The molecule has 4 nitrogen and oxygen atoms in total. The van der Waals surface area contributed by atoms with Crippen LogP contribution in [0.3, 0.4) is 0 Å². The number of rotatable bonds is 5. The van der Waals surface area contributed by atoms with E-state index in [9.17, 15) is 8.42 Å². The standard InChI is InChI=1S/C11H16O4S/c1-9(2)16(12,13)11-6-4-5-10(7-11)15-8-14-3/h4-7,9H,8H2,1-3H3. The van der Waals surface area contributed by atoms with Crippen LogP contribution in [0.15, 0.2) is 29.2 Å². The molecule has 0 saturated heterocycles. The molecule has 1 aromatic rings. The fourth-order valence-corrected chi connectivity index (χ4v) is 2.23. The predicted molar refractivity (Wildman–Crippen MR) is 61.3 cm³/mol. The molecule has 16 heavy (non-hydrogen) atoms. The molecule has 0 bridgehead atoms. The van der Waals surface area contributed by atoms with Crippen molar-refractivity contribution in [2.24, 2.45) is 0 Å². The van der Waals surface area contributed by atoms with Crippen molar-refractivity contribution in [1.82, 2.24) is 0 Å². The zero-order chi connectivity index (χ0) is 12.2. The Hall–Kier alpha value is -1.07. The number of sulfone groups is 1. The molecule has 90 valence electrons. The fourth-order valence-electron chi connectivity index (χ4n) is 1.14. The maximum atomic E-state index is 11.9. The zero-order valence-corrected chi connectivity index (χ0v) is 10.5. The molecule has 0 radical (unpaired) electrons. The van der Waals surface area contributed by atoms with Gasteiger partial charge >= 0.3 is 0 Å². The molecule has 0 amide bonds. The van der Waals surface area contributed by atoms with E-state index in [1.807, 2.05) is 0 Å². The number of hydrogen-bond donors (Lipinski definition) is 0. The lowest BCUT2D eigenvalue weighted by Crippen LogP contribution is -2.14. The third-order valence-electron chi connectivity index (χ3n) is 2.10. The number of ether oxygens (including phenoxy) is 2. The maximum Gasteiger partial charge on any atom is 0.188 e. The minimum Gasteiger partial charge on any atom is -0.468 e. The monoisotopic (exact) mass is 244 g/mol. The second-order valence-electron chi connectivity index (χ2n) is 3.62. The van der Waals surface area contributed by atoms with Crippen LogP contribution < -0.4 is 4.74 Å². The van der Waals surface area contributed by atoms with Crippen LogP contribution in [0.4, 0.5) is 0 Å². The molecule has 0 aromatic heterocycles. The average molecular weight is 244 g/mol. The van der Waals surface area contributed by atoms with Crippen LogP contribution in [-0.2, 0) is 14.6 Å². The summed E-state index contributed by atoms with van der Waals surface area (Å²) in [5.74, 6) is 0.489. The highest BCUT2D eigenvalue weighted by Gasteiger charge is 2.19. The first-order valence-corrected chi connectivity index (χ1v) is 6.49. The van der Waals surface area contributed by atoms with Crippen LogP contribution in [0, 0.1) is 0 Å². The first kappa shape index (κ1) is 13.0. The Kier molecular flexibility index (Phi) is 4.32. The van der Waals surface area contributed by atoms with Crippen LogP contribution in [0.5, 0.6) is 5.75 Å². The lowest BCUT2D eigenvalue weighted by atomic mass is 10.3. The summed E-state index contributed by atoms with van der Waals surface area (Å²) in [6.07, 6.45) is 0. The van der Waals surface area contributed by atoms with Crippen LogP contribution in [0.2, 0.25) is 0 Å². The normalized spacial score (nSPS) is 11.8. The molecule has 0 fully saturated rings. The lowest BCUT2D eigenvalue weighted by molar-refractivity contribution is 0.0509. The topological polar surface area (TPSA) is 52.6 Å². The van der Waals surface area contributed by atoms with E-state index in [1.165, 1.54) is 13.2 Å². The van der Waals surface area contributed by atoms with E-state index in [0.29, 0.717) is 5.75 Å². The van der Waals surface area contributed by atoms with Gasteiger partial charge in [0, 0.05) is 7.11 Å². The zero-order valence-electron chi connectivity index (χ0n) is 9.64. The SMILES string of the molecule is COCOc1cccc(S(=O)(=O)C(C)C)c1. The summed E-state index contributed by atoms with van der Waals surface area (Å²) < 4.78 is 33.7. The summed E-state index contributed by atoms with van der Waals surface area (Å²) in [6.45, 7) is 3.40. The molecule has 0 heterocycles. The van der Waals surface area contributed by atoms with Gasteiger partial charge in [0.2, 0.25) is 0 Å². The molecule has 0 saturated carbocycles. The Morgan fingerprint density at radius 3 is 2.56 bits per heavy atom. The van der Waals surface area contributed by atoms with Crippen LogP contribution in [0.25, 0.3) is 0 Å². The van der Waals surface area contributed by atoms with Gasteiger partial charge in [-0.05, 0) is 32.0 Å². The second kappa shape index (κ2) is 5.32. The Balaban J connectivity index is 2.99. The quantitative estimate of drug-likeness (QED) is 0.742. The largest absolute Gasteiger partial charge is 0.468 e. The highest BCUT2D eigenvalue weighted by molar-refractivity contribution is 7.92. The number of hydrogen-bond acceptors (Lipinski definition) is 4. The Morgan fingerprint density at radius 1 is 1.31 bits per heavy atom. The molecule has 1 aromatic carbocycles. The summed E-state index contributed by atoms with van der Waals surface area (Å²) in [4.78, 5) is 0.274. The van der Waals surface area contributed by atoms with Gasteiger partial charge in [-0.15, -0.1) is 0 Å². The third kappa shape index (κ3) is 2.96. The van der Waals surface area contributed by atoms with Crippen molar-refractivity contribution in [2.45, 2.75) is 24.0 Å². The Labute approximate surface area is 96.1 Å². The second-order valence-corrected chi connectivity index (χ2v) is 6.12. The van der Waals surface area contributed by atoms with Gasteiger partial charge < -0.3 is 9.47 Å². The van der Waals surface area contributed by atoms with Gasteiger partial charge in [-0.25, -0.2) is 8.42 Å². The average Bonchev–Trinajstić information content (AvgIpc) is 2.26. The summed E-state index contributed by atoms with van der Waals surface area (Å²) in [7, 11) is -1.74.